The van der Waals surface area contributed by atoms with Gasteiger partial charge in [-0.2, -0.15) is 0 Å². The van der Waals surface area contributed by atoms with Crippen molar-refractivity contribution in [3.05, 3.63) is 23.8 Å². The molecule has 0 spiro atoms. The van der Waals surface area contributed by atoms with Crippen LogP contribution in [0.4, 0.5) is 0 Å². The van der Waals surface area contributed by atoms with Crippen LogP contribution in [0, 0.1) is 6.92 Å². The third-order valence-corrected chi connectivity index (χ3v) is 1.89. The molecule has 5 heteroatoms. The molecule has 0 saturated carbocycles. The van der Waals surface area contributed by atoms with E-state index in [1.54, 1.807) is 6.07 Å². The van der Waals surface area contributed by atoms with Gasteiger partial charge in [0.1, 0.15) is 12.0 Å². The van der Waals surface area contributed by atoms with E-state index in [4.69, 9.17) is 8.94 Å². The quantitative estimate of drug-likeness (QED) is 0.797. The average molecular weight is 193 g/mol. The van der Waals surface area contributed by atoms with Crippen LogP contribution in [-0.4, -0.2) is 17.2 Å². The van der Waals surface area contributed by atoms with E-state index < -0.39 is 0 Å². The van der Waals surface area contributed by atoms with E-state index in [0.29, 0.717) is 18.1 Å². The van der Waals surface area contributed by atoms with Gasteiger partial charge in [0.2, 0.25) is 5.89 Å². The summed E-state index contributed by atoms with van der Waals surface area (Å²) in [5.74, 6) is 1.33. The number of aryl methyl sites for hydroxylation is 1. The van der Waals surface area contributed by atoms with Crippen LogP contribution in [0.25, 0.3) is 11.6 Å². The summed E-state index contributed by atoms with van der Waals surface area (Å²) in [6.07, 6.45) is 1.49. The molecule has 2 aromatic heterocycles. The maximum absolute atomic E-state index is 5.50. The molecule has 0 fully saturated rings. The number of rotatable bonds is 3. The minimum atomic E-state index is 0.501. The highest BCUT2D eigenvalue weighted by Crippen LogP contribution is 2.19. The van der Waals surface area contributed by atoms with Crippen LogP contribution in [-0.2, 0) is 6.54 Å². The van der Waals surface area contributed by atoms with Crippen LogP contribution >= 0.6 is 0 Å². The van der Waals surface area contributed by atoms with Crippen molar-refractivity contribution >= 4 is 0 Å². The number of nitrogens with zero attached hydrogens (tertiary/aromatic N) is 2. The Morgan fingerprint density at radius 1 is 1.50 bits per heavy atom. The Labute approximate surface area is 81.1 Å². The molecule has 2 aromatic rings. The lowest BCUT2D eigenvalue weighted by Gasteiger charge is -1.92. The summed E-state index contributed by atoms with van der Waals surface area (Å²) in [7, 11) is 1.86. The van der Waals surface area contributed by atoms with Crippen LogP contribution < -0.4 is 5.32 Å². The molecule has 2 heterocycles. The second kappa shape index (κ2) is 3.63. The number of oxazole rings is 1. The molecule has 5 nitrogen and oxygen atoms in total. The molecule has 0 aromatic carbocycles. The van der Waals surface area contributed by atoms with Crippen molar-refractivity contribution in [2.45, 2.75) is 13.5 Å². The average Bonchev–Trinajstić information content (AvgIpc) is 2.76. The Kier molecular flexibility index (Phi) is 2.32. The van der Waals surface area contributed by atoms with Gasteiger partial charge in [-0.25, -0.2) is 4.98 Å². The summed E-state index contributed by atoms with van der Waals surface area (Å²) >= 11 is 0. The Bertz CT molecular complexity index is 406. The highest BCUT2D eigenvalue weighted by Gasteiger charge is 2.12. The van der Waals surface area contributed by atoms with Gasteiger partial charge in [-0.05, 0) is 14.0 Å². The predicted octanol–water partition coefficient (Wildman–Crippen LogP) is 1.36. The topological polar surface area (TPSA) is 64.1 Å². The van der Waals surface area contributed by atoms with Crippen LogP contribution in [0.3, 0.4) is 0 Å². The normalized spacial score (nSPS) is 10.7. The van der Waals surface area contributed by atoms with Gasteiger partial charge >= 0.3 is 0 Å². The standard InChI is InChI=1S/C9H11N3O2/c1-6-8(5-10-2)14-9(11-6)7-3-4-13-12-7/h3-4,10H,5H2,1-2H3. The fourth-order valence-electron chi connectivity index (χ4n) is 1.19. The second-order valence-corrected chi connectivity index (χ2v) is 2.94. The van der Waals surface area contributed by atoms with Crippen LogP contribution in [0.2, 0.25) is 0 Å². The molecule has 2 rings (SSSR count). The van der Waals surface area contributed by atoms with Gasteiger partial charge in [0.25, 0.3) is 0 Å². The molecular formula is C9H11N3O2. The van der Waals surface area contributed by atoms with E-state index in [1.165, 1.54) is 6.26 Å². The molecule has 0 aliphatic carbocycles. The van der Waals surface area contributed by atoms with Crippen molar-refractivity contribution in [3.8, 4) is 11.6 Å². The molecule has 14 heavy (non-hydrogen) atoms. The fourth-order valence-corrected chi connectivity index (χ4v) is 1.19. The third-order valence-electron chi connectivity index (χ3n) is 1.89. The lowest BCUT2D eigenvalue weighted by molar-refractivity contribution is 0.417. The maximum Gasteiger partial charge on any atom is 0.249 e. The molecule has 0 amide bonds. The van der Waals surface area contributed by atoms with Gasteiger partial charge in [0.05, 0.1) is 12.2 Å². The Morgan fingerprint density at radius 2 is 2.36 bits per heavy atom. The minimum Gasteiger partial charge on any atom is -0.438 e. The van der Waals surface area contributed by atoms with Crippen molar-refractivity contribution < 1.29 is 8.94 Å². The molecule has 0 atom stereocenters. The van der Waals surface area contributed by atoms with E-state index in [2.05, 4.69) is 15.5 Å². The Morgan fingerprint density at radius 3 is 3.00 bits per heavy atom. The van der Waals surface area contributed by atoms with Crippen LogP contribution in [0.1, 0.15) is 11.5 Å². The monoisotopic (exact) mass is 193 g/mol. The van der Waals surface area contributed by atoms with Gasteiger partial charge in [0, 0.05) is 6.07 Å². The number of hydrogen-bond acceptors (Lipinski definition) is 5. The van der Waals surface area contributed by atoms with E-state index in [-0.39, 0.29) is 0 Å². The first kappa shape index (κ1) is 8.96. The van der Waals surface area contributed by atoms with Gasteiger partial charge in [-0.1, -0.05) is 5.16 Å². The largest absolute Gasteiger partial charge is 0.438 e. The summed E-state index contributed by atoms with van der Waals surface area (Å²) < 4.78 is 10.2. The van der Waals surface area contributed by atoms with Gasteiger partial charge < -0.3 is 14.3 Å². The molecule has 0 radical (unpaired) electrons. The van der Waals surface area contributed by atoms with Gasteiger partial charge in [-0.3, -0.25) is 0 Å². The van der Waals surface area contributed by atoms with Crippen LogP contribution in [0.15, 0.2) is 21.3 Å². The van der Waals surface area contributed by atoms with Crippen molar-refractivity contribution in [2.75, 3.05) is 7.05 Å². The highest BCUT2D eigenvalue weighted by molar-refractivity contribution is 5.45. The molecule has 0 unspecified atom stereocenters. The summed E-state index contributed by atoms with van der Waals surface area (Å²) in [6, 6.07) is 1.72. The number of hydrogen-bond donors (Lipinski definition) is 1. The van der Waals surface area contributed by atoms with E-state index in [9.17, 15) is 0 Å². The zero-order valence-corrected chi connectivity index (χ0v) is 8.07. The van der Waals surface area contributed by atoms with Crippen LogP contribution in [0.5, 0.6) is 0 Å². The molecule has 74 valence electrons. The first-order valence-electron chi connectivity index (χ1n) is 4.33. The first-order valence-corrected chi connectivity index (χ1v) is 4.33. The summed E-state index contributed by atoms with van der Waals surface area (Å²) in [5, 5.41) is 6.76. The third kappa shape index (κ3) is 1.54. The molecule has 0 aliphatic heterocycles. The predicted molar refractivity (Wildman–Crippen MR) is 49.5 cm³/mol. The van der Waals surface area contributed by atoms with Gasteiger partial charge in [0.15, 0.2) is 5.69 Å². The molecule has 0 bridgehead atoms. The SMILES string of the molecule is CNCc1oc(-c2ccon2)nc1C. The van der Waals surface area contributed by atoms with Crippen molar-refractivity contribution in [1.29, 1.82) is 0 Å². The first-order chi connectivity index (χ1) is 6.81. The van der Waals surface area contributed by atoms with Crippen molar-refractivity contribution in [1.82, 2.24) is 15.5 Å². The molecule has 0 aliphatic rings. The minimum absolute atomic E-state index is 0.501. The zero-order chi connectivity index (χ0) is 9.97. The van der Waals surface area contributed by atoms with Gasteiger partial charge in [-0.15, -0.1) is 0 Å². The Balaban J connectivity index is 2.33. The molecule has 0 saturated heterocycles. The summed E-state index contributed by atoms with van der Waals surface area (Å²) in [5.41, 5.74) is 1.49. The zero-order valence-electron chi connectivity index (χ0n) is 8.07. The van der Waals surface area contributed by atoms with Crippen molar-refractivity contribution in [3.63, 3.8) is 0 Å². The van der Waals surface area contributed by atoms with E-state index in [0.717, 1.165) is 11.5 Å². The maximum atomic E-state index is 5.50. The molecular weight excluding hydrogens is 182 g/mol. The lowest BCUT2D eigenvalue weighted by Crippen LogP contribution is -2.04. The van der Waals surface area contributed by atoms with E-state index in [1.807, 2.05) is 14.0 Å². The molecule has 1 N–H and O–H groups in total. The second-order valence-electron chi connectivity index (χ2n) is 2.94. The number of aromatic nitrogens is 2. The van der Waals surface area contributed by atoms with Crippen molar-refractivity contribution in [2.24, 2.45) is 0 Å². The highest BCUT2D eigenvalue weighted by atomic mass is 16.5. The van der Waals surface area contributed by atoms with E-state index >= 15 is 0 Å². The fraction of sp³-hybridized carbons (Fsp3) is 0.333. The summed E-state index contributed by atoms with van der Waals surface area (Å²) in [4.78, 5) is 4.24. The smallest absolute Gasteiger partial charge is 0.249 e. The Hall–Kier alpha value is -1.62. The lowest BCUT2D eigenvalue weighted by atomic mass is 10.4. The summed E-state index contributed by atoms with van der Waals surface area (Å²) in [6.45, 7) is 2.57. The number of nitrogens with one attached hydrogen (secondary N) is 1.